The van der Waals surface area contributed by atoms with Gasteiger partial charge < -0.3 is 19.5 Å². The molecule has 6 nitrogen and oxygen atoms in total. The molecule has 0 radical (unpaired) electrons. The van der Waals surface area contributed by atoms with E-state index in [9.17, 15) is 19.7 Å². The fourth-order valence-electron chi connectivity index (χ4n) is 7.49. The van der Waals surface area contributed by atoms with Crippen LogP contribution in [-0.2, 0) is 9.39 Å². The highest BCUT2D eigenvalue weighted by Gasteiger charge is 2.53. The van der Waals surface area contributed by atoms with Crippen LogP contribution in [0.2, 0.25) is 6.32 Å². The number of ether oxygens (including phenoxy) is 1. The number of phenolic OH excluding ortho intramolecular Hbond substituents is 1. The normalized spacial score (nSPS) is 23.6. The van der Waals surface area contributed by atoms with Crippen LogP contribution in [0.1, 0.15) is 62.2 Å². The first-order valence-corrected chi connectivity index (χ1v) is 15.0. The lowest BCUT2D eigenvalue weighted by molar-refractivity contribution is 0.0585. The van der Waals surface area contributed by atoms with E-state index in [1.54, 1.807) is 31.4 Å². The number of allylic oxidation sites excluding steroid dienone is 1. The van der Waals surface area contributed by atoms with E-state index in [1.807, 2.05) is 44.2 Å². The minimum Gasteiger partial charge on any atom is -0.507 e. The van der Waals surface area contributed by atoms with Gasteiger partial charge in [0.25, 0.3) is 0 Å². The Bertz CT molecular complexity index is 1600. The Balaban J connectivity index is 1.36. The van der Waals surface area contributed by atoms with Crippen LogP contribution >= 0.6 is 0 Å². The number of aromatic hydroxyl groups is 1. The van der Waals surface area contributed by atoms with Crippen molar-refractivity contribution in [2.45, 2.75) is 45.5 Å². The van der Waals surface area contributed by atoms with E-state index in [2.05, 4.69) is 18.2 Å². The van der Waals surface area contributed by atoms with Gasteiger partial charge in [0.2, 0.25) is 0 Å². The van der Waals surface area contributed by atoms with Crippen molar-refractivity contribution in [3.8, 4) is 5.75 Å². The maximum Gasteiger partial charge on any atom is 0.455 e. The maximum atomic E-state index is 13.9. The van der Waals surface area contributed by atoms with Gasteiger partial charge in [-0.05, 0) is 96.5 Å². The van der Waals surface area contributed by atoms with Gasteiger partial charge in [0.05, 0.1) is 12.7 Å². The van der Waals surface area contributed by atoms with E-state index in [0.29, 0.717) is 42.7 Å². The van der Waals surface area contributed by atoms with Crippen LogP contribution in [0.5, 0.6) is 5.75 Å². The SMILES string of the molecule is COCC1=C2[C@@H](CC/C(=C/c3cc(C)c(O)c(C)c3)c3ccccc3)OB(O)C[C@@H]2[C@@H]2C(=O)c3ccccc3C(=O)[C@@H]2C1. The molecular weight excluding hydrogens is 539 g/mol. The Morgan fingerprint density at radius 2 is 1.63 bits per heavy atom. The third-order valence-electron chi connectivity index (χ3n) is 9.36. The Labute approximate surface area is 253 Å². The molecule has 0 aromatic heterocycles. The number of carbonyl (C=O) groups is 2. The van der Waals surface area contributed by atoms with Gasteiger partial charge in [-0.3, -0.25) is 9.59 Å². The third-order valence-corrected chi connectivity index (χ3v) is 9.36. The minimum absolute atomic E-state index is 0.000772. The molecule has 1 heterocycles. The van der Waals surface area contributed by atoms with Gasteiger partial charge in [0, 0.05) is 30.1 Å². The van der Waals surface area contributed by atoms with E-state index in [1.165, 1.54) is 0 Å². The average Bonchev–Trinajstić information content (AvgIpc) is 3.00. The summed E-state index contributed by atoms with van der Waals surface area (Å²) in [4.78, 5) is 27.6. The number of ketones is 2. The number of fused-ring (bicyclic) bond motifs is 4. The Morgan fingerprint density at radius 3 is 2.30 bits per heavy atom. The molecule has 6 rings (SSSR count). The van der Waals surface area contributed by atoms with E-state index >= 15 is 0 Å². The van der Waals surface area contributed by atoms with Crippen LogP contribution in [0.25, 0.3) is 11.6 Å². The fraction of sp³-hybridized carbons (Fsp3) is 0.333. The van der Waals surface area contributed by atoms with Crippen molar-refractivity contribution in [1.82, 2.24) is 0 Å². The first kappa shape index (κ1) is 29.3. The van der Waals surface area contributed by atoms with Gasteiger partial charge in [-0.1, -0.05) is 60.7 Å². The average molecular weight is 576 g/mol. The summed E-state index contributed by atoms with van der Waals surface area (Å²) in [6, 6.07) is 21.2. The Kier molecular flexibility index (Phi) is 8.23. The molecule has 1 aliphatic heterocycles. The number of methoxy groups -OCH3 is 1. The molecule has 3 aliphatic rings. The zero-order valence-electron chi connectivity index (χ0n) is 24.9. The van der Waals surface area contributed by atoms with Crippen molar-refractivity contribution < 1.29 is 29.1 Å². The largest absolute Gasteiger partial charge is 0.507 e. The molecule has 2 aliphatic carbocycles. The fourth-order valence-corrected chi connectivity index (χ4v) is 7.49. The van der Waals surface area contributed by atoms with Crippen molar-refractivity contribution in [2.24, 2.45) is 17.8 Å². The molecule has 220 valence electrons. The maximum absolute atomic E-state index is 13.9. The Morgan fingerprint density at radius 1 is 0.977 bits per heavy atom. The van der Waals surface area contributed by atoms with Crippen molar-refractivity contribution in [3.63, 3.8) is 0 Å². The number of aryl methyl sites for hydroxylation is 2. The lowest BCUT2D eigenvalue weighted by Crippen LogP contribution is -2.51. The molecule has 1 saturated heterocycles. The number of hydrogen-bond acceptors (Lipinski definition) is 6. The van der Waals surface area contributed by atoms with Crippen LogP contribution in [0.3, 0.4) is 0 Å². The molecule has 0 unspecified atom stereocenters. The topological polar surface area (TPSA) is 93.1 Å². The van der Waals surface area contributed by atoms with Gasteiger partial charge in [-0.15, -0.1) is 0 Å². The summed E-state index contributed by atoms with van der Waals surface area (Å²) < 4.78 is 11.8. The zero-order valence-corrected chi connectivity index (χ0v) is 24.9. The molecule has 3 aromatic rings. The second kappa shape index (κ2) is 12.1. The molecule has 2 N–H and O–H groups in total. The van der Waals surface area contributed by atoms with Crippen LogP contribution in [-0.4, -0.2) is 48.6 Å². The van der Waals surface area contributed by atoms with Crippen LogP contribution in [0.15, 0.2) is 77.9 Å². The summed E-state index contributed by atoms with van der Waals surface area (Å²) in [7, 11) is 0.608. The van der Waals surface area contributed by atoms with E-state index < -0.39 is 25.1 Å². The van der Waals surface area contributed by atoms with Crippen molar-refractivity contribution in [1.29, 1.82) is 0 Å². The highest BCUT2D eigenvalue weighted by atomic mass is 16.5. The van der Waals surface area contributed by atoms with E-state index in [4.69, 9.17) is 9.39 Å². The molecule has 4 atom stereocenters. The molecule has 0 spiro atoms. The van der Waals surface area contributed by atoms with Crippen LogP contribution < -0.4 is 0 Å². The van der Waals surface area contributed by atoms with Gasteiger partial charge in [0.15, 0.2) is 11.6 Å². The molecule has 43 heavy (non-hydrogen) atoms. The second-order valence-corrected chi connectivity index (χ2v) is 12.1. The van der Waals surface area contributed by atoms with E-state index in [-0.39, 0.29) is 23.8 Å². The summed E-state index contributed by atoms with van der Waals surface area (Å²) in [6.45, 7) is 4.14. The second-order valence-electron chi connectivity index (χ2n) is 12.1. The predicted octanol–water partition coefficient (Wildman–Crippen LogP) is 6.48. The lowest BCUT2D eigenvalue weighted by atomic mass is 9.54. The molecular formula is C36H37BO6. The van der Waals surface area contributed by atoms with Crippen LogP contribution in [0, 0.1) is 31.6 Å². The first-order chi connectivity index (χ1) is 20.8. The monoisotopic (exact) mass is 576 g/mol. The van der Waals surface area contributed by atoms with Gasteiger partial charge in [-0.2, -0.15) is 0 Å². The highest BCUT2D eigenvalue weighted by Crippen LogP contribution is 2.51. The summed E-state index contributed by atoms with van der Waals surface area (Å²) in [5, 5.41) is 21.3. The summed E-state index contributed by atoms with van der Waals surface area (Å²) in [5.74, 6) is -0.997. The van der Waals surface area contributed by atoms with Crippen molar-refractivity contribution in [3.05, 3.63) is 111 Å². The lowest BCUT2D eigenvalue weighted by Gasteiger charge is -2.47. The van der Waals surface area contributed by atoms with Crippen LogP contribution in [0.4, 0.5) is 0 Å². The molecule has 0 bridgehead atoms. The number of rotatable bonds is 7. The molecule has 0 amide bonds. The Hall–Kier alpha value is -3.78. The smallest absolute Gasteiger partial charge is 0.455 e. The zero-order chi connectivity index (χ0) is 30.2. The van der Waals surface area contributed by atoms with E-state index in [0.717, 1.165) is 39.0 Å². The number of benzene rings is 3. The van der Waals surface area contributed by atoms with Gasteiger partial charge in [0.1, 0.15) is 5.75 Å². The third kappa shape index (κ3) is 5.53. The number of phenols is 1. The quantitative estimate of drug-likeness (QED) is 0.190. The van der Waals surface area contributed by atoms with Gasteiger partial charge in [-0.25, -0.2) is 0 Å². The molecule has 1 fully saturated rings. The standard InChI is InChI=1S/C36H37BO6/c1-21-15-23(16-22(2)34(21)38)17-25(24-9-5-4-6-10-24)13-14-31-32-26(20-42-3)18-29-33(30(32)19-37(41)43-31)36(40)28-12-8-7-11-27(28)35(29)39/h4-12,15-17,29-31,33,38,41H,13-14,18-20H2,1-3H3/b25-17-/t29-,30+,31-,33-/m1/s1. The number of Topliss-reactive ketones (excluding diaryl/α,β-unsaturated/α-hetero) is 2. The first-order valence-electron chi connectivity index (χ1n) is 15.0. The molecule has 3 aromatic carbocycles. The number of carbonyl (C=O) groups excluding carboxylic acids is 2. The predicted molar refractivity (Wildman–Crippen MR) is 168 cm³/mol. The summed E-state index contributed by atoms with van der Waals surface area (Å²) >= 11 is 0. The highest BCUT2D eigenvalue weighted by molar-refractivity contribution is 6.43. The molecule has 0 saturated carbocycles. The minimum atomic E-state index is -1.03. The number of hydrogen-bond donors (Lipinski definition) is 2. The molecule has 7 heteroatoms. The van der Waals surface area contributed by atoms with Crippen molar-refractivity contribution in [2.75, 3.05) is 13.7 Å². The summed E-state index contributed by atoms with van der Waals surface area (Å²) in [6.07, 6.45) is 3.69. The van der Waals surface area contributed by atoms with Gasteiger partial charge >= 0.3 is 7.12 Å². The van der Waals surface area contributed by atoms with Crippen molar-refractivity contribution >= 4 is 30.3 Å². The summed E-state index contributed by atoms with van der Waals surface area (Å²) in [5.41, 5.74) is 7.81.